The molecule has 0 heterocycles. The monoisotopic (exact) mass is 266 g/mol. The van der Waals surface area contributed by atoms with Gasteiger partial charge in [0.1, 0.15) is 5.78 Å². The molecule has 0 fully saturated rings. The summed E-state index contributed by atoms with van der Waals surface area (Å²) in [4.78, 5) is 31.9. The molecule has 0 aliphatic rings. The Morgan fingerprint density at radius 2 is 2.11 bits per heavy atom. The third-order valence-corrected chi connectivity index (χ3v) is 2.37. The van der Waals surface area contributed by atoms with Crippen molar-refractivity contribution in [2.45, 2.75) is 19.8 Å². The molecule has 7 heteroatoms. The molecule has 0 saturated heterocycles. The van der Waals surface area contributed by atoms with E-state index in [1.165, 1.54) is 19.1 Å². The number of amides is 1. The number of nitrogens with zero attached hydrogens (tertiary/aromatic N) is 1. The first kappa shape index (κ1) is 14.6. The van der Waals surface area contributed by atoms with Gasteiger partial charge in [0.2, 0.25) is 5.91 Å². The highest BCUT2D eigenvalue weighted by Gasteiger charge is 2.17. The van der Waals surface area contributed by atoms with Gasteiger partial charge in [-0.15, -0.1) is 0 Å². The predicted octanol–water partition coefficient (Wildman–Crippen LogP) is 1.44. The summed E-state index contributed by atoms with van der Waals surface area (Å²) >= 11 is 0. The molecule has 1 rings (SSSR count). The number of nitro benzene ring substituents is 1. The number of hydrogen-bond donors (Lipinski definition) is 1. The summed E-state index contributed by atoms with van der Waals surface area (Å²) in [5.41, 5.74) is 4.77. The molecular formula is C12H14N2O5. The van der Waals surface area contributed by atoms with Gasteiger partial charge in [0, 0.05) is 18.1 Å². The lowest BCUT2D eigenvalue weighted by molar-refractivity contribution is -0.385. The number of benzene rings is 1. The molecule has 0 spiro atoms. The first-order valence-corrected chi connectivity index (χ1v) is 5.62. The Bertz CT molecular complexity index is 513. The Morgan fingerprint density at radius 1 is 1.42 bits per heavy atom. The van der Waals surface area contributed by atoms with Crippen LogP contribution in [0.3, 0.4) is 0 Å². The third kappa shape index (κ3) is 4.38. The molecule has 102 valence electrons. The molecule has 19 heavy (non-hydrogen) atoms. The van der Waals surface area contributed by atoms with E-state index in [-0.39, 0.29) is 29.4 Å². The number of nitrogens with two attached hydrogens (primary N) is 1. The van der Waals surface area contributed by atoms with Crippen LogP contribution in [-0.4, -0.2) is 23.2 Å². The highest BCUT2D eigenvalue weighted by molar-refractivity contribution is 5.93. The molecule has 1 aromatic rings. The fraction of sp³-hybridized carbons (Fsp3) is 0.333. The lowest BCUT2D eigenvalue weighted by atomic mass is 10.2. The van der Waals surface area contributed by atoms with Crippen LogP contribution in [0.5, 0.6) is 5.75 Å². The second-order valence-corrected chi connectivity index (χ2v) is 3.96. The number of carbonyl (C=O) groups is 2. The van der Waals surface area contributed by atoms with Crippen LogP contribution < -0.4 is 10.5 Å². The fourth-order valence-electron chi connectivity index (χ4n) is 1.44. The molecule has 2 N–H and O–H groups in total. The van der Waals surface area contributed by atoms with Gasteiger partial charge < -0.3 is 15.3 Å². The van der Waals surface area contributed by atoms with Gasteiger partial charge in [-0.05, 0) is 25.5 Å². The number of nitro groups is 1. The van der Waals surface area contributed by atoms with Crippen molar-refractivity contribution in [3.05, 3.63) is 33.9 Å². The molecule has 0 bridgehead atoms. The van der Waals surface area contributed by atoms with Crippen LogP contribution in [0.25, 0.3) is 0 Å². The van der Waals surface area contributed by atoms with Gasteiger partial charge in [-0.2, -0.15) is 0 Å². The molecule has 0 unspecified atom stereocenters. The second kappa shape index (κ2) is 6.48. The van der Waals surface area contributed by atoms with Crippen molar-refractivity contribution in [2.24, 2.45) is 5.73 Å². The molecule has 1 amide bonds. The molecule has 0 aromatic heterocycles. The number of Topliss-reactive ketones (excluding diaryl/α,β-unsaturated/α-hetero) is 1. The SMILES string of the molecule is CC(=O)CCCOc1ccc(C(N)=O)cc1[N+](=O)[O-]. The minimum Gasteiger partial charge on any atom is -0.487 e. The van der Waals surface area contributed by atoms with Crippen LogP contribution in [0.1, 0.15) is 30.1 Å². The first-order valence-electron chi connectivity index (χ1n) is 5.62. The van der Waals surface area contributed by atoms with E-state index in [0.717, 1.165) is 6.07 Å². The highest BCUT2D eigenvalue weighted by Crippen LogP contribution is 2.28. The Labute approximate surface area is 109 Å². The van der Waals surface area contributed by atoms with Crippen molar-refractivity contribution in [1.82, 2.24) is 0 Å². The minimum absolute atomic E-state index is 0.0298. The van der Waals surface area contributed by atoms with Crippen molar-refractivity contribution < 1.29 is 19.2 Å². The Morgan fingerprint density at radius 3 is 2.63 bits per heavy atom. The van der Waals surface area contributed by atoms with E-state index in [1.54, 1.807) is 0 Å². The van der Waals surface area contributed by atoms with Gasteiger partial charge in [-0.3, -0.25) is 14.9 Å². The Balaban J connectivity index is 2.79. The van der Waals surface area contributed by atoms with Gasteiger partial charge in [-0.1, -0.05) is 0 Å². The summed E-state index contributed by atoms with van der Waals surface area (Å²) in [6.07, 6.45) is 0.831. The van der Waals surface area contributed by atoms with Crippen LogP contribution in [0.15, 0.2) is 18.2 Å². The van der Waals surface area contributed by atoms with Crippen LogP contribution >= 0.6 is 0 Å². The second-order valence-electron chi connectivity index (χ2n) is 3.96. The molecule has 0 radical (unpaired) electrons. The number of ether oxygens (including phenoxy) is 1. The summed E-state index contributed by atoms with van der Waals surface area (Å²) in [6, 6.07) is 3.75. The maximum absolute atomic E-state index is 10.9. The highest BCUT2D eigenvalue weighted by atomic mass is 16.6. The Hall–Kier alpha value is -2.44. The molecule has 0 aliphatic heterocycles. The molecule has 0 aliphatic carbocycles. The molecule has 1 aromatic carbocycles. The average molecular weight is 266 g/mol. The van der Waals surface area contributed by atoms with Crippen molar-refractivity contribution in [3.63, 3.8) is 0 Å². The van der Waals surface area contributed by atoms with Crippen LogP contribution in [0.2, 0.25) is 0 Å². The molecular weight excluding hydrogens is 252 g/mol. The van der Waals surface area contributed by atoms with E-state index in [2.05, 4.69) is 0 Å². The smallest absolute Gasteiger partial charge is 0.311 e. The normalized spacial score (nSPS) is 9.95. The van der Waals surface area contributed by atoms with Crippen molar-refractivity contribution in [3.8, 4) is 5.75 Å². The van der Waals surface area contributed by atoms with Crippen molar-refractivity contribution >= 4 is 17.4 Å². The van der Waals surface area contributed by atoms with E-state index < -0.39 is 10.8 Å². The van der Waals surface area contributed by atoms with E-state index in [4.69, 9.17) is 10.5 Å². The van der Waals surface area contributed by atoms with Crippen LogP contribution in [0, 0.1) is 10.1 Å². The van der Waals surface area contributed by atoms with E-state index in [1.807, 2.05) is 0 Å². The first-order chi connectivity index (χ1) is 8.91. The zero-order valence-corrected chi connectivity index (χ0v) is 10.4. The molecule has 7 nitrogen and oxygen atoms in total. The molecule has 0 saturated carbocycles. The lowest BCUT2D eigenvalue weighted by Crippen LogP contribution is -2.11. The Kier molecular flexibility index (Phi) is 4.99. The third-order valence-electron chi connectivity index (χ3n) is 2.37. The van der Waals surface area contributed by atoms with Gasteiger partial charge in [-0.25, -0.2) is 0 Å². The minimum atomic E-state index is -0.744. The maximum Gasteiger partial charge on any atom is 0.311 e. The van der Waals surface area contributed by atoms with Gasteiger partial charge in [0.05, 0.1) is 11.5 Å². The van der Waals surface area contributed by atoms with Gasteiger partial charge in [0.25, 0.3) is 0 Å². The number of ketones is 1. The van der Waals surface area contributed by atoms with Gasteiger partial charge in [0.15, 0.2) is 5.75 Å². The van der Waals surface area contributed by atoms with Crippen LogP contribution in [-0.2, 0) is 4.79 Å². The number of carbonyl (C=O) groups excluding carboxylic acids is 2. The van der Waals surface area contributed by atoms with E-state index in [9.17, 15) is 19.7 Å². The zero-order chi connectivity index (χ0) is 14.4. The quantitative estimate of drug-likeness (QED) is 0.455. The summed E-state index contributed by atoms with van der Waals surface area (Å²) in [5.74, 6) is -0.660. The molecule has 0 atom stereocenters. The number of hydrogen-bond acceptors (Lipinski definition) is 5. The predicted molar refractivity (Wildman–Crippen MR) is 67.0 cm³/mol. The summed E-state index contributed by atoms with van der Waals surface area (Å²) < 4.78 is 5.24. The maximum atomic E-state index is 10.9. The summed E-state index contributed by atoms with van der Waals surface area (Å²) in [6.45, 7) is 1.65. The largest absolute Gasteiger partial charge is 0.487 e. The van der Waals surface area contributed by atoms with Gasteiger partial charge >= 0.3 is 5.69 Å². The standard InChI is InChI=1S/C12H14N2O5/c1-8(15)3-2-6-19-11-5-4-9(12(13)16)7-10(11)14(17)18/h4-5,7H,2-3,6H2,1H3,(H2,13,16). The van der Waals surface area contributed by atoms with Crippen LogP contribution in [0.4, 0.5) is 5.69 Å². The number of primary amides is 1. The van der Waals surface area contributed by atoms with Crippen molar-refractivity contribution in [2.75, 3.05) is 6.61 Å². The zero-order valence-electron chi connectivity index (χ0n) is 10.4. The average Bonchev–Trinajstić information content (AvgIpc) is 2.34. The van der Waals surface area contributed by atoms with E-state index in [0.29, 0.717) is 12.8 Å². The topological polar surface area (TPSA) is 113 Å². The summed E-state index contributed by atoms with van der Waals surface area (Å²) in [7, 11) is 0. The van der Waals surface area contributed by atoms with Crippen molar-refractivity contribution in [1.29, 1.82) is 0 Å². The lowest BCUT2D eigenvalue weighted by Gasteiger charge is -2.06. The number of rotatable bonds is 7. The van der Waals surface area contributed by atoms with E-state index >= 15 is 0 Å². The fourth-order valence-corrected chi connectivity index (χ4v) is 1.44. The summed E-state index contributed by atoms with van der Waals surface area (Å²) in [5, 5.41) is 10.9.